The van der Waals surface area contributed by atoms with Crippen LogP contribution in [0.1, 0.15) is 57.7 Å². The summed E-state index contributed by atoms with van der Waals surface area (Å²) >= 11 is 0. The number of hydrogen-bond donors (Lipinski definition) is 1. The Hall–Kier alpha value is -3.48. The number of hydrogen-bond acceptors (Lipinski definition) is 6. The Morgan fingerprint density at radius 3 is 2.47 bits per heavy atom. The molecule has 0 fully saturated rings. The molecule has 3 aromatic rings. The van der Waals surface area contributed by atoms with Crippen LogP contribution >= 0.6 is 0 Å². The topological polar surface area (TPSA) is 85.0 Å². The molecule has 2 aromatic carbocycles. The summed E-state index contributed by atoms with van der Waals surface area (Å²) in [7, 11) is 0. The number of oxazole rings is 1. The molecular formula is C27H30N2O5. The Balaban J connectivity index is 1.47. The van der Waals surface area contributed by atoms with Gasteiger partial charge >= 0.3 is 0 Å². The van der Waals surface area contributed by atoms with Crippen LogP contribution in [0.3, 0.4) is 0 Å². The summed E-state index contributed by atoms with van der Waals surface area (Å²) in [6, 6.07) is 9.86. The Labute approximate surface area is 199 Å². The minimum atomic E-state index is -0.121. The maximum atomic E-state index is 13.4. The molecule has 1 N–H and O–H groups in total. The van der Waals surface area contributed by atoms with Gasteiger partial charge in [-0.25, -0.2) is 4.98 Å². The molecule has 0 radical (unpaired) electrons. The Morgan fingerprint density at radius 1 is 1.00 bits per heavy atom. The van der Waals surface area contributed by atoms with Gasteiger partial charge in [-0.2, -0.15) is 0 Å². The minimum absolute atomic E-state index is 0.121. The van der Waals surface area contributed by atoms with Crippen molar-refractivity contribution in [3.63, 3.8) is 0 Å². The van der Waals surface area contributed by atoms with Crippen molar-refractivity contribution >= 4 is 5.91 Å². The smallest absolute Gasteiger partial charge is 0.291 e. The van der Waals surface area contributed by atoms with Gasteiger partial charge in [0.25, 0.3) is 5.91 Å². The first-order chi connectivity index (χ1) is 16.5. The number of rotatable bonds is 2. The molecule has 0 saturated heterocycles. The lowest BCUT2D eigenvalue weighted by Crippen LogP contribution is -2.34. The first-order valence-electron chi connectivity index (χ1n) is 12.0. The van der Waals surface area contributed by atoms with Gasteiger partial charge in [0.05, 0.1) is 5.69 Å². The zero-order valence-corrected chi connectivity index (χ0v) is 19.7. The number of carbonyl (C=O) groups excluding carboxylic acids is 1. The van der Waals surface area contributed by atoms with Crippen molar-refractivity contribution in [3.8, 4) is 17.2 Å². The van der Waals surface area contributed by atoms with Gasteiger partial charge in [-0.3, -0.25) is 4.79 Å². The van der Waals surface area contributed by atoms with Gasteiger partial charge in [-0.15, -0.1) is 0 Å². The number of phenols is 1. The largest absolute Gasteiger partial charge is 0.508 e. The number of benzene rings is 2. The summed E-state index contributed by atoms with van der Waals surface area (Å²) in [5.41, 5.74) is 5.02. The third kappa shape index (κ3) is 4.47. The summed E-state index contributed by atoms with van der Waals surface area (Å²) < 4.78 is 17.0. The molecule has 0 aliphatic carbocycles. The number of fused-ring (bicyclic) bond motifs is 4. The van der Waals surface area contributed by atoms with Crippen molar-refractivity contribution in [2.75, 3.05) is 19.9 Å². The highest BCUT2D eigenvalue weighted by Crippen LogP contribution is 2.36. The third-order valence-corrected chi connectivity index (χ3v) is 6.67. The van der Waals surface area contributed by atoms with E-state index < -0.39 is 0 Å². The van der Waals surface area contributed by atoms with Crippen LogP contribution in [-0.2, 0) is 32.1 Å². The molecule has 0 saturated carbocycles. The Kier molecular flexibility index (Phi) is 6.18. The molecular weight excluding hydrogens is 432 g/mol. The maximum Gasteiger partial charge on any atom is 0.291 e. The van der Waals surface area contributed by atoms with Gasteiger partial charge in [0.2, 0.25) is 12.6 Å². The lowest BCUT2D eigenvalue weighted by Gasteiger charge is -2.22. The van der Waals surface area contributed by atoms with Crippen LogP contribution in [0, 0.1) is 6.92 Å². The predicted molar refractivity (Wildman–Crippen MR) is 127 cm³/mol. The number of aryl methyl sites for hydroxylation is 5. The molecule has 0 spiro atoms. The molecule has 1 amide bonds. The van der Waals surface area contributed by atoms with E-state index >= 15 is 0 Å². The number of aromatic nitrogens is 1. The van der Waals surface area contributed by atoms with Gasteiger partial charge in [0.15, 0.2) is 17.4 Å². The average Bonchev–Trinajstić information content (AvgIpc) is 3.45. The average molecular weight is 463 g/mol. The van der Waals surface area contributed by atoms with Gasteiger partial charge in [0, 0.05) is 19.5 Å². The maximum absolute atomic E-state index is 13.4. The minimum Gasteiger partial charge on any atom is -0.508 e. The zero-order chi connectivity index (χ0) is 23.7. The predicted octanol–water partition coefficient (Wildman–Crippen LogP) is 4.40. The van der Waals surface area contributed by atoms with E-state index in [1.807, 2.05) is 24.8 Å². The molecule has 7 heteroatoms. The molecule has 178 valence electrons. The van der Waals surface area contributed by atoms with Gasteiger partial charge in [-0.05, 0) is 79.5 Å². The highest BCUT2D eigenvalue weighted by molar-refractivity contribution is 5.92. The van der Waals surface area contributed by atoms with E-state index in [-0.39, 0.29) is 12.7 Å². The summed E-state index contributed by atoms with van der Waals surface area (Å²) in [6.07, 6.45) is 4.51. The fourth-order valence-corrected chi connectivity index (χ4v) is 4.74. The Morgan fingerprint density at radius 2 is 1.74 bits per heavy atom. The van der Waals surface area contributed by atoms with Gasteiger partial charge in [-0.1, -0.05) is 19.1 Å². The van der Waals surface area contributed by atoms with Crippen LogP contribution in [-0.4, -0.2) is 40.8 Å². The van der Waals surface area contributed by atoms with Crippen LogP contribution in [0.2, 0.25) is 0 Å². The molecule has 5 rings (SSSR count). The van der Waals surface area contributed by atoms with Crippen LogP contribution in [0.5, 0.6) is 17.2 Å². The highest BCUT2D eigenvalue weighted by Gasteiger charge is 2.24. The summed E-state index contributed by atoms with van der Waals surface area (Å²) in [4.78, 5) is 19.7. The van der Waals surface area contributed by atoms with E-state index in [0.29, 0.717) is 49.0 Å². The third-order valence-electron chi connectivity index (χ3n) is 6.67. The van der Waals surface area contributed by atoms with Crippen LogP contribution < -0.4 is 9.47 Å². The zero-order valence-electron chi connectivity index (χ0n) is 19.7. The van der Waals surface area contributed by atoms with E-state index in [2.05, 4.69) is 23.2 Å². The van der Waals surface area contributed by atoms with E-state index in [1.54, 1.807) is 6.07 Å². The number of amides is 1. The lowest BCUT2D eigenvalue weighted by atomic mass is 9.95. The van der Waals surface area contributed by atoms with E-state index in [9.17, 15) is 9.90 Å². The van der Waals surface area contributed by atoms with Crippen molar-refractivity contribution in [1.82, 2.24) is 9.88 Å². The lowest BCUT2D eigenvalue weighted by molar-refractivity contribution is 0.0720. The molecule has 2 aliphatic rings. The van der Waals surface area contributed by atoms with Gasteiger partial charge < -0.3 is 23.9 Å². The second-order valence-corrected chi connectivity index (χ2v) is 8.96. The fourth-order valence-electron chi connectivity index (χ4n) is 4.74. The fraction of sp³-hybridized carbons (Fsp3) is 0.407. The molecule has 1 aromatic heterocycles. The second-order valence-electron chi connectivity index (χ2n) is 8.96. The first kappa shape index (κ1) is 22.3. The number of ether oxygens (including phenoxy) is 2. The molecule has 3 heterocycles. The molecule has 7 nitrogen and oxygen atoms in total. The molecule has 2 aliphatic heterocycles. The van der Waals surface area contributed by atoms with Crippen molar-refractivity contribution in [2.45, 2.75) is 52.4 Å². The Bertz CT molecular complexity index is 1220. The number of phenolic OH excluding ortho intramolecular Hbond substituents is 1. The van der Waals surface area contributed by atoms with Crippen molar-refractivity contribution in [3.05, 3.63) is 69.9 Å². The SMILES string of the molecule is CCc1nc(C)c(C(=O)N2CCCc3cc4c(cc3CCc3cc(ccc3O)CC2)OCO4)o1. The number of nitrogens with zero attached hydrogens (tertiary/aromatic N) is 2. The quantitative estimate of drug-likeness (QED) is 0.608. The van der Waals surface area contributed by atoms with Crippen LogP contribution in [0.4, 0.5) is 0 Å². The van der Waals surface area contributed by atoms with Crippen LogP contribution in [0.15, 0.2) is 34.7 Å². The summed E-state index contributed by atoms with van der Waals surface area (Å²) in [5.74, 6) is 2.63. The second kappa shape index (κ2) is 9.41. The van der Waals surface area contributed by atoms with Crippen molar-refractivity contribution < 1.29 is 23.8 Å². The van der Waals surface area contributed by atoms with E-state index in [1.165, 1.54) is 11.1 Å². The summed E-state index contributed by atoms with van der Waals surface area (Å²) in [6.45, 7) is 5.20. The highest BCUT2D eigenvalue weighted by atomic mass is 16.7. The summed E-state index contributed by atoms with van der Waals surface area (Å²) in [5, 5.41) is 10.4. The molecule has 2 bridgehead atoms. The van der Waals surface area contributed by atoms with Crippen molar-refractivity contribution in [2.24, 2.45) is 0 Å². The first-order valence-corrected chi connectivity index (χ1v) is 12.0. The molecule has 34 heavy (non-hydrogen) atoms. The standard InChI is InChI=1S/C27H30N2O5/c1-3-25-28-17(2)26(34-25)27(31)29-11-4-5-19-14-23-24(33-16-32-23)15-20(19)7-8-21-13-18(10-12-29)6-9-22(21)30/h6,9,13-15,30H,3-5,7-8,10-12,16H2,1-2H3. The van der Waals surface area contributed by atoms with Gasteiger partial charge in [0.1, 0.15) is 5.75 Å². The number of carbonyl (C=O) groups is 1. The monoisotopic (exact) mass is 462 g/mol. The molecule has 0 atom stereocenters. The van der Waals surface area contributed by atoms with E-state index in [0.717, 1.165) is 48.3 Å². The van der Waals surface area contributed by atoms with Crippen LogP contribution in [0.25, 0.3) is 0 Å². The van der Waals surface area contributed by atoms with Crippen molar-refractivity contribution in [1.29, 1.82) is 0 Å². The number of aromatic hydroxyl groups is 1. The molecule has 0 unspecified atom stereocenters. The normalized spacial score (nSPS) is 15.8. The van der Waals surface area contributed by atoms with E-state index in [4.69, 9.17) is 13.9 Å².